The number of ether oxygens (including phenoxy) is 4. The van der Waals surface area contributed by atoms with Crippen LogP contribution in [0.3, 0.4) is 0 Å². The third-order valence-corrected chi connectivity index (χ3v) is 7.54. The highest BCUT2D eigenvalue weighted by atomic mass is 16.7. The van der Waals surface area contributed by atoms with Gasteiger partial charge in [-0.15, -0.1) is 0 Å². The summed E-state index contributed by atoms with van der Waals surface area (Å²) in [7, 11) is 0. The van der Waals surface area contributed by atoms with Crippen LogP contribution in [-0.4, -0.2) is 89.0 Å². The molecule has 0 aromatic carbocycles. The summed E-state index contributed by atoms with van der Waals surface area (Å²) in [6.07, 6.45) is 19.2. The number of unbranched alkanes of at least 4 members (excludes halogenated alkanes) is 9. The lowest BCUT2D eigenvalue weighted by atomic mass is 9.99. The first-order chi connectivity index (χ1) is 21.8. The van der Waals surface area contributed by atoms with Crippen molar-refractivity contribution in [2.75, 3.05) is 19.8 Å². The lowest BCUT2D eigenvalue weighted by molar-refractivity contribution is -0.305. The van der Waals surface area contributed by atoms with Gasteiger partial charge in [0.2, 0.25) is 0 Å². The van der Waals surface area contributed by atoms with Crippen molar-refractivity contribution in [1.29, 1.82) is 0 Å². The van der Waals surface area contributed by atoms with Gasteiger partial charge < -0.3 is 39.4 Å². The van der Waals surface area contributed by atoms with Gasteiger partial charge in [0, 0.05) is 12.8 Å². The lowest BCUT2D eigenvalue weighted by Crippen LogP contribution is -2.59. The lowest BCUT2D eigenvalue weighted by Gasteiger charge is -2.39. The number of hydrogen-bond donors (Lipinski definition) is 4. The first-order valence-electron chi connectivity index (χ1n) is 17.1. The molecule has 1 saturated heterocycles. The third-order valence-electron chi connectivity index (χ3n) is 7.54. The molecule has 0 spiro atoms. The fraction of sp³-hybridized carbons (Fsp3) is 0.771. The fourth-order valence-electron chi connectivity index (χ4n) is 4.79. The molecular weight excluding hydrogens is 580 g/mol. The van der Waals surface area contributed by atoms with Crippen molar-refractivity contribution in [3.63, 3.8) is 0 Å². The van der Waals surface area contributed by atoms with Crippen LogP contribution in [0.25, 0.3) is 0 Å². The molecule has 260 valence electrons. The zero-order valence-electron chi connectivity index (χ0n) is 27.6. The minimum absolute atomic E-state index is 0.210. The van der Waals surface area contributed by atoms with E-state index in [-0.39, 0.29) is 26.1 Å². The molecule has 1 fully saturated rings. The molecule has 0 radical (unpaired) electrons. The molecule has 4 N–H and O–H groups in total. The van der Waals surface area contributed by atoms with Crippen LogP contribution in [0.1, 0.15) is 117 Å². The van der Waals surface area contributed by atoms with Gasteiger partial charge in [0.1, 0.15) is 31.0 Å². The van der Waals surface area contributed by atoms with E-state index >= 15 is 0 Å². The molecule has 0 bridgehead atoms. The number of rotatable bonds is 26. The number of carbonyl (C=O) groups is 2. The summed E-state index contributed by atoms with van der Waals surface area (Å²) in [4.78, 5) is 24.8. The summed E-state index contributed by atoms with van der Waals surface area (Å²) in [5.41, 5.74) is 0. The molecule has 1 aliphatic heterocycles. The molecule has 1 rings (SSSR count). The number of hydrogen-bond acceptors (Lipinski definition) is 10. The average Bonchev–Trinajstić information content (AvgIpc) is 3.03. The number of carbonyl (C=O) groups excluding carboxylic acids is 2. The molecule has 1 unspecified atom stereocenters. The maximum absolute atomic E-state index is 12.6. The van der Waals surface area contributed by atoms with Crippen molar-refractivity contribution < 1.29 is 49.0 Å². The normalized spacial score (nSPS) is 22.8. The molecule has 0 amide bonds. The summed E-state index contributed by atoms with van der Waals surface area (Å²) in [6, 6.07) is 0. The van der Waals surface area contributed by atoms with E-state index in [4.69, 9.17) is 18.9 Å². The van der Waals surface area contributed by atoms with E-state index in [0.717, 1.165) is 83.5 Å². The predicted molar refractivity (Wildman–Crippen MR) is 173 cm³/mol. The van der Waals surface area contributed by atoms with Gasteiger partial charge >= 0.3 is 11.9 Å². The monoisotopic (exact) mass is 640 g/mol. The summed E-state index contributed by atoms with van der Waals surface area (Å²) in [6.45, 7) is 3.15. The molecule has 0 aliphatic carbocycles. The summed E-state index contributed by atoms with van der Waals surface area (Å²) in [5.74, 6) is -0.847. The van der Waals surface area contributed by atoms with Crippen LogP contribution >= 0.6 is 0 Å². The molecular formula is C35H60O10. The quantitative estimate of drug-likeness (QED) is 0.0563. The molecule has 0 aromatic rings. The van der Waals surface area contributed by atoms with Gasteiger partial charge in [-0.25, -0.2) is 0 Å². The van der Waals surface area contributed by atoms with E-state index in [1.165, 1.54) is 0 Å². The Bertz CT molecular complexity index is 840. The van der Waals surface area contributed by atoms with Gasteiger partial charge in [0.15, 0.2) is 12.4 Å². The van der Waals surface area contributed by atoms with E-state index in [1.807, 2.05) is 0 Å². The van der Waals surface area contributed by atoms with Crippen molar-refractivity contribution in [1.82, 2.24) is 0 Å². The molecule has 10 nitrogen and oxygen atoms in total. The molecule has 6 atom stereocenters. The van der Waals surface area contributed by atoms with Crippen LogP contribution in [0.5, 0.6) is 0 Å². The largest absolute Gasteiger partial charge is 0.462 e. The van der Waals surface area contributed by atoms with Crippen LogP contribution in [0.15, 0.2) is 36.5 Å². The number of allylic oxidation sites excluding steroid dienone is 6. The van der Waals surface area contributed by atoms with Crippen LogP contribution in [-0.2, 0) is 28.5 Å². The molecule has 10 heteroatoms. The first kappa shape index (κ1) is 40.9. The summed E-state index contributed by atoms with van der Waals surface area (Å²) in [5, 5.41) is 39.7. The van der Waals surface area contributed by atoms with E-state index in [9.17, 15) is 30.0 Å². The maximum atomic E-state index is 12.6. The SMILES string of the molecule is CC/C=C\C/C=C\C/C=C\CCCCCCCC(=O)OC(COC(=O)CCCCCCC)CO[C@@H]1O[C@H](CO)[C@H](O)[C@H](O)[C@H]1O. The van der Waals surface area contributed by atoms with Crippen molar-refractivity contribution in [3.8, 4) is 0 Å². The second kappa shape index (κ2) is 27.1. The minimum Gasteiger partial charge on any atom is -0.462 e. The standard InChI is InChI=1S/C35H60O10/c1-3-5-7-9-10-11-12-13-14-15-16-17-18-20-22-24-31(38)44-28(26-42-30(37)23-21-19-8-6-4-2)27-43-35-34(41)33(40)32(39)29(25-36)45-35/h5,7,10-11,13-14,28-29,32-36,39-41H,3-4,6,8-9,12,15-27H2,1-2H3/b7-5-,11-10-,14-13-/t28?,29-,32+,33+,34-,35-/m1/s1. The minimum atomic E-state index is -1.59. The third kappa shape index (κ3) is 19.9. The first-order valence-corrected chi connectivity index (χ1v) is 17.1. The van der Waals surface area contributed by atoms with E-state index in [1.54, 1.807) is 0 Å². The molecule has 1 heterocycles. The van der Waals surface area contributed by atoms with Crippen LogP contribution in [0.4, 0.5) is 0 Å². The maximum Gasteiger partial charge on any atom is 0.306 e. The molecule has 1 aliphatic rings. The summed E-state index contributed by atoms with van der Waals surface area (Å²) >= 11 is 0. The van der Waals surface area contributed by atoms with E-state index in [2.05, 4.69) is 50.3 Å². The molecule has 0 saturated carbocycles. The smallest absolute Gasteiger partial charge is 0.306 e. The van der Waals surface area contributed by atoms with Gasteiger partial charge in [-0.2, -0.15) is 0 Å². The van der Waals surface area contributed by atoms with Crippen molar-refractivity contribution >= 4 is 11.9 Å². The van der Waals surface area contributed by atoms with Gasteiger partial charge in [-0.05, 0) is 44.9 Å². The zero-order chi connectivity index (χ0) is 33.1. The number of esters is 2. The predicted octanol–water partition coefficient (Wildman–Crippen LogP) is 5.21. The number of aliphatic hydroxyl groups excluding tert-OH is 4. The Labute approximate surface area is 270 Å². The topological polar surface area (TPSA) is 152 Å². The van der Waals surface area contributed by atoms with Crippen molar-refractivity contribution in [2.45, 2.75) is 153 Å². The van der Waals surface area contributed by atoms with Crippen LogP contribution in [0.2, 0.25) is 0 Å². The molecule has 0 aromatic heterocycles. The second-order valence-electron chi connectivity index (χ2n) is 11.6. The highest BCUT2D eigenvalue weighted by molar-refractivity contribution is 5.70. The number of aliphatic hydroxyl groups is 4. The Morgan fingerprint density at radius 1 is 0.711 bits per heavy atom. The van der Waals surface area contributed by atoms with E-state index < -0.39 is 55.4 Å². The van der Waals surface area contributed by atoms with Gasteiger partial charge in [-0.3, -0.25) is 9.59 Å². The Hall–Kier alpha value is -2.08. The Morgan fingerprint density at radius 2 is 1.31 bits per heavy atom. The van der Waals surface area contributed by atoms with E-state index in [0.29, 0.717) is 6.42 Å². The highest BCUT2D eigenvalue weighted by Crippen LogP contribution is 2.22. The zero-order valence-corrected chi connectivity index (χ0v) is 27.6. The van der Waals surface area contributed by atoms with Crippen molar-refractivity contribution in [2.24, 2.45) is 0 Å². The van der Waals surface area contributed by atoms with Gasteiger partial charge in [-0.1, -0.05) is 95.2 Å². The van der Waals surface area contributed by atoms with Gasteiger partial charge in [0.25, 0.3) is 0 Å². The highest BCUT2D eigenvalue weighted by Gasteiger charge is 2.44. The summed E-state index contributed by atoms with van der Waals surface area (Å²) < 4.78 is 21.8. The second-order valence-corrected chi connectivity index (χ2v) is 11.6. The average molecular weight is 641 g/mol. The van der Waals surface area contributed by atoms with Crippen molar-refractivity contribution in [3.05, 3.63) is 36.5 Å². The fourth-order valence-corrected chi connectivity index (χ4v) is 4.79. The molecule has 45 heavy (non-hydrogen) atoms. The van der Waals surface area contributed by atoms with Gasteiger partial charge in [0.05, 0.1) is 13.2 Å². The van der Waals surface area contributed by atoms with Crippen LogP contribution < -0.4 is 0 Å². The Morgan fingerprint density at radius 3 is 1.98 bits per heavy atom. The van der Waals surface area contributed by atoms with Crippen LogP contribution in [0, 0.1) is 0 Å². The Kier molecular flexibility index (Phi) is 24.6. The Balaban J connectivity index is 2.41.